The van der Waals surface area contributed by atoms with Gasteiger partial charge in [0.2, 0.25) is 0 Å². The summed E-state index contributed by atoms with van der Waals surface area (Å²) in [6, 6.07) is 10.1. The number of nitrogens with zero attached hydrogens (tertiary/aromatic N) is 2. The summed E-state index contributed by atoms with van der Waals surface area (Å²) in [7, 11) is -1.89. The number of methoxy groups -OCH3 is 1. The number of anilines is 1. The van der Waals surface area contributed by atoms with Gasteiger partial charge in [-0.3, -0.25) is 13.9 Å². The SMILES string of the molecule is COC1O[C@@H]2[C@H](O1)[C@@H](CSCP(=O)(OC(C)C)OC(C)C)O[C@H]2n1ccc(NC(=O)c2ccccc2)nc1=O. The number of carbonyl (C=O) groups excluding carboxylic acids is 1. The smallest absolute Gasteiger partial charge is 0.348 e. The fourth-order valence-electron chi connectivity index (χ4n) is 4.24. The monoisotopic (exact) mass is 583 g/mol. The average Bonchev–Trinajstić information content (AvgIpc) is 3.43. The molecule has 1 unspecified atom stereocenters. The van der Waals surface area contributed by atoms with Crippen molar-refractivity contribution in [3.63, 3.8) is 0 Å². The highest BCUT2D eigenvalue weighted by Gasteiger charge is 2.54. The van der Waals surface area contributed by atoms with E-state index in [0.29, 0.717) is 11.3 Å². The Morgan fingerprint density at radius 2 is 1.74 bits per heavy atom. The molecule has 0 radical (unpaired) electrons. The number of hydrogen-bond acceptors (Lipinski definition) is 11. The molecular weight excluding hydrogens is 549 g/mol. The lowest BCUT2D eigenvalue weighted by molar-refractivity contribution is -0.254. The highest BCUT2D eigenvalue weighted by atomic mass is 32.2. The maximum atomic E-state index is 13.2. The molecule has 39 heavy (non-hydrogen) atoms. The lowest BCUT2D eigenvalue weighted by atomic mass is 10.1. The highest BCUT2D eigenvalue weighted by Crippen LogP contribution is 2.53. The number of hydrogen-bond donors (Lipinski definition) is 1. The van der Waals surface area contributed by atoms with E-state index < -0.39 is 44.3 Å². The van der Waals surface area contributed by atoms with Crippen LogP contribution in [0, 0.1) is 0 Å². The Morgan fingerprint density at radius 3 is 2.36 bits per heavy atom. The molecular formula is C25H34N3O9PS. The van der Waals surface area contributed by atoms with Gasteiger partial charge in [0.05, 0.1) is 23.8 Å². The fourth-order valence-corrected chi connectivity index (χ4v) is 7.88. The summed E-state index contributed by atoms with van der Waals surface area (Å²) >= 11 is 1.34. The molecule has 1 N–H and O–H groups in total. The van der Waals surface area contributed by atoms with Gasteiger partial charge in [-0.05, 0) is 45.9 Å². The van der Waals surface area contributed by atoms with Crippen LogP contribution in [0.4, 0.5) is 5.82 Å². The zero-order valence-corrected chi connectivity index (χ0v) is 24.1. The second-order valence-corrected chi connectivity index (χ2v) is 13.0. The molecule has 2 aromatic rings. The van der Waals surface area contributed by atoms with E-state index in [1.54, 1.807) is 58.0 Å². The van der Waals surface area contributed by atoms with E-state index in [-0.39, 0.29) is 29.4 Å². The third-order valence-corrected chi connectivity index (χ3v) is 9.72. The van der Waals surface area contributed by atoms with Gasteiger partial charge in [-0.25, -0.2) is 4.79 Å². The molecule has 2 fully saturated rings. The number of fused-ring (bicyclic) bond motifs is 1. The highest BCUT2D eigenvalue weighted by molar-refractivity contribution is 8.04. The minimum atomic E-state index is -3.34. The predicted octanol–water partition coefficient (Wildman–Crippen LogP) is 3.84. The number of nitrogens with one attached hydrogen (secondary N) is 1. The van der Waals surface area contributed by atoms with Crippen molar-refractivity contribution in [2.75, 3.05) is 23.7 Å². The summed E-state index contributed by atoms with van der Waals surface area (Å²) in [6.07, 6.45) is -1.62. The van der Waals surface area contributed by atoms with Crippen molar-refractivity contribution >= 4 is 31.1 Å². The summed E-state index contributed by atoms with van der Waals surface area (Å²) in [5, 5.41) is 2.62. The number of aromatic nitrogens is 2. The van der Waals surface area contributed by atoms with E-state index in [0.717, 1.165) is 0 Å². The van der Waals surface area contributed by atoms with Crippen LogP contribution in [-0.2, 0) is 32.6 Å². The fraction of sp³-hybridized carbons (Fsp3) is 0.560. The van der Waals surface area contributed by atoms with E-state index in [2.05, 4.69) is 10.3 Å². The predicted molar refractivity (Wildman–Crippen MR) is 145 cm³/mol. The first-order chi connectivity index (χ1) is 18.6. The van der Waals surface area contributed by atoms with Gasteiger partial charge in [-0.1, -0.05) is 18.2 Å². The molecule has 5 atom stereocenters. The molecule has 1 amide bonds. The van der Waals surface area contributed by atoms with Crippen LogP contribution >= 0.6 is 19.4 Å². The van der Waals surface area contributed by atoms with Gasteiger partial charge in [-0.2, -0.15) is 4.98 Å². The van der Waals surface area contributed by atoms with Crippen molar-refractivity contribution in [2.24, 2.45) is 0 Å². The van der Waals surface area contributed by atoms with Crippen molar-refractivity contribution < 1.29 is 37.4 Å². The van der Waals surface area contributed by atoms with E-state index in [1.165, 1.54) is 35.7 Å². The Morgan fingerprint density at radius 1 is 1.08 bits per heavy atom. The normalized spacial score (nSPS) is 24.8. The first kappa shape index (κ1) is 29.9. The van der Waals surface area contributed by atoms with Crippen molar-refractivity contribution in [2.45, 2.75) is 70.9 Å². The Balaban J connectivity index is 1.45. The average molecular weight is 584 g/mol. The van der Waals surface area contributed by atoms with Gasteiger partial charge in [0.15, 0.2) is 6.23 Å². The Bertz CT molecular complexity index is 1210. The molecule has 0 spiro atoms. The number of carbonyl (C=O) groups is 1. The van der Waals surface area contributed by atoms with Crippen LogP contribution in [0.2, 0.25) is 0 Å². The maximum absolute atomic E-state index is 13.2. The Kier molecular flexibility index (Phi) is 10.00. The van der Waals surface area contributed by atoms with Gasteiger partial charge in [0, 0.05) is 24.6 Å². The third-order valence-electron chi connectivity index (χ3n) is 5.67. The minimum Gasteiger partial charge on any atom is -0.348 e. The zero-order valence-electron chi connectivity index (χ0n) is 22.4. The van der Waals surface area contributed by atoms with Crippen LogP contribution in [0.15, 0.2) is 47.4 Å². The number of rotatable bonds is 12. The van der Waals surface area contributed by atoms with Crippen molar-refractivity contribution in [1.29, 1.82) is 0 Å². The molecule has 2 aliphatic heterocycles. The van der Waals surface area contributed by atoms with Crippen LogP contribution in [0.1, 0.15) is 44.3 Å². The largest absolute Gasteiger partial charge is 0.351 e. The van der Waals surface area contributed by atoms with Crippen molar-refractivity contribution in [3.05, 3.63) is 58.6 Å². The molecule has 0 bridgehead atoms. The number of benzene rings is 1. The number of ether oxygens (including phenoxy) is 4. The first-order valence-corrected chi connectivity index (χ1v) is 15.4. The standard InChI is InChI=1S/C25H34N3O9PS/c1-15(2)36-38(31,37-16(3)4)14-39-13-18-20-21(35-25(32-5)34-20)23(33-18)28-12-11-19(27-24(28)30)26-22(29)17-9-7-6-8-10-17/h6-12,15-16,18,20-21,23,25H,13-14H2,1-5H3,(H,26,27,29,30)/t18-,20-,21-,23-,25?/m1/s1. The molecule has 2 saturated heterocycles. The quantitative estimate of drug-likeness (QED) is 0.365. The first-order valence-electron chi connectivity index (χ1n) is 12.6. The third kappa shape index (κ3) is 7.56. The lowest BCUT2D eigenvalue weighted by Crippen LogP contribution is -2.34. The molecule has 12 nitrogen and oxygen atoms in total. The van der Waals surface area contributed by atoms with Gasteiger partial charge < -0.3 is 33.3 Å². The summed E-state index contributed by atoms with van der Waals surface area (Å²) < 4.78 is 48.9. The van der Waals surface area contributed by atoms with Crippen LogP contribution < -0.4 is 11.0 Å². The molecule has 14 heteroatoms. The van der Waals surface area contributed by atoms with Crippen LogP contribution in [0.5, 0.6) is 0 Å². The second kappa shape index (κ2) is 13.0. The molecule has 1 aromatic heterocycles. The second-order valence-electron chi connectivity index (χ2n) is 9.53. The summed E-state index contributed by atoms with van der Waals surface area (Å²) in [5.74, 6) is 0.0962. The minimum absolute atomic E-state index is 0.108. The van der Waals surface area contributed by atoms with Gasteiger partial charge >= 0.3 is 13.3 Å². The molecule has 3 heterocycles. The van der Waals surface area contributed by atoms with E-state index in [4.69, 9.17) is 28.0 Å². The van der Waals surface area contributed by atoms with E-state index >= 15 is 0 Å². The van der Waals surface area contributed by atoms with Crippen molar-refractivity contribution in [1.82, 2.24) is 9.55 Å². The van der Waals surface area contributed by atoms with Crippen molar-refractivity contribution in [3.8, 4) is 0 Å². The summed E-state index contributed by atoms with van der Waals surface area (Å²) in [6.45, 7) is 6.28. The van der Waals surface area contributed by atoms with Crippen LogP contribution in [0.3, 0.4) is 0 Å². The number of amides is 1. The molecule has 2 aliphatic rings. The molecule has 4 rings (SSSR count). The molecule has 1 aromatic carbocycles. The zero-order chi connectivity index (χ0) is 28.2. The summed E-state index contributed by atoms with van der Waals surface area (Å²) in [4.78, 5) is 29.4. The van der Waals surface area contributed by atoms with Gasteiger partial charge in [-0.15, -0.1) is 11.8 Å². The number of thioether (sulfide) groups is 1. The lowest BCUT2D eigenvalue weighted by Gasteiger charge is -2.24. The molecule has 0 saturated carbocycles. The summed E-state index contributed by atoms with van der Waals surface area (Å²) in [5.41, 5.74) is -0.0745. The van der Waals surface area contributed by atoms with E-state index in [9.17, 15) is 14.2 Å². The van der Waals surface area contributed by atoms with Gasteiger partial charge in [0.25, 0.3) is 12.4 Å². The molecule has 214 valence electrons. The Hall–Kier alpha value is -2.09. The molecule has 0 aliphatic carbocycles. The Labute approximate surface area is 231 Å². The van der Waals surface area contributed by atoms with Crippen LogP contribution in [0.25, 0.3) is 0 Å². The topological polar surface area (TPSA) is 136 Å². The van der Waals surface area contributed by atoms with E-state index in [1.807, 2.05) is 0 Å². The van der Waals surface area contributed by atoms with Crippen LogP contribution in [-0.4, -0.2) is 70.8 Å². The van der Waals surface area contributed by atoms with Gasteiger partial charge in [0.1, 0.15) is 18.0 Å². The maximum Gasteiger partial charge on any atom is 0.351 e.